The smallest absolute Gasteiger partial charge is 0.229 e. The molecule has 7 heteroatoms. The predicted octanol–water partition coefficient (Wildman–Crippen LogP) is 1.59. The van der Waals surface area contributed by atoms with Gasteiger partial charge in [0.1, 0.15) is 10.2 Å². The zero-order chi connectivity index (χ0) is 13.2. The Labute approximate surface area is 115 Å². The molecule has 1 saturated carbocycles. The second-order valence-corrected chi connectivity index (χ2v) is 5.97. The Morgan fingerprint density at radius 1 is 1.44 bits per heavy atom. The van der Waals surface area contributed by atoms with Crippen LogP contribution >= 0.6 is 23.2 Å². The number of nitrogens with one attached hydrogen (secondary N) is 2. The first-order chi connectivity index (χ1) is 8.46. The van der Waals surface area contributed by atoms with Crippen LogP contribution in [0.1, 0.15) is 13.3 Å². The van der Waals surface area contributed by atoms with Crippen LogP contribution in [-0.4, -0.2) is 33.3 Å². The van der Waals surface area contributed by atoms with Crippen LogP contribution in [0.3, 0.4) is 0 Å². The van der Waals surface area contributed by atoms with Crippen molar-refractivity contribution < 1.29 is 4.79 Å². The van der Waals surface area contributed by atoms with Crippen LogP contribution in [0.4, 0.5) is 5.82 Å². The van der Waals surface area contributed by atoms with Gasteiger partial charge in [0.05, 0.1) is 11.6 Å². The van der Waals surface area contributed by atoms with E-state index in [1.165, 1.54) is 0 Å². The minimum atomic E-state index is -0.921. The summed E-state index contributed by atoms with van der Waals surface area (Å²) >= 11 is 11.8. The fourth-order valence-electron chi connectivity index (χ4n) is 1.60. The first-order valence-electron chi connectivity index (χ1n) is 5.62. The number of rotatable bonds is 5. The number of aromatic nitrogens is 2. The van der Waals surface area contributed by atoms with E-state index >= 15 is 0 Å². The lowest BCUT2D eigenvalue weighted by Crippen LogP contribution is -2.36. The van der Waals surface area contributed by atoms with E-state index in [4.69, 9.17) is 23.2 Å². The lowest BCUT2D eigenvalue weighted by Gasteiger charge is -2.12. The fraction of sp³-hybridized carbons (Fsp3) is 0.545. The average Bonchev–Trinajstić information content (AvgIpc) is 2.87. The third-order valence-corrected chi connectivity index (χ3v) is 4.14. The van der Waals surface area contributed by atoms with Crippen molar-refractivity contribution in [3.63, 3.8) is 0 Å². The number of hydrogen-bond donors (Lipinski definition) is 2. The van der Waals surface area contributed by atoms with Crippen LogP contribution in [0.25, 0.3) is 0 Å². The van der Waals surface area contributed by atoms with Gasteiger partial charge in [0.25, 0.3) is 0 Å². The molecule has 1 amide bonds. The summed E-state index contributed by atoms with van der Waals surface area (Å²) in [6.07, 6.45) is 5.31. The highest BCUT2D eigenvalue weighted by Crippen LogP contribution is 2.63. The molecule has 1 atom stereocenters. The quantitative estimate of drug-likeness (QED) is 0.638. The highest BCUT2D eigenvalue weighted by molar-refractivity contribution is 6.53. The zero-order valence-corrected chi connectivity index (χ0v) is 11.4. The van der Waals surface area contributed by atoms with Gasteiger partial charge in [0.15, 0.2) is 0 Å². The molecule has 2 rings (SSSR count). The standard InChI is InChI=1S/C11H14Cl2N4O/c1-10(7-11(10,12)13)9(18)17-5-4-16-8-6-14-2-3-15-8/h2-3,6H,4-5,7H2,1H3,(H,15,16)(H,17,18). The Morgan fingerprint density at radius 3 is 2.72 bits per heavy atom. The molecular weight excluding hydrogens is 275 g/mol. The average molecular weight is 289 g/mol. The van der Waals surface area contributed by atoms with Gasteiger partial charge in [0, 0.05) is 25.5 Å². The molecule has 1 aliphatic carbocycles. The molecule has 0 saturated heterocycles. The molecular formula is C11H14Cl2N4O. The molecule has 0 bridgehead atoms. The van der Waals surface area contributed by atoms with Crippen molar-refractivity contribution in [2.24, 2.45) is 5.41 Å². The summed E-state index contributed by atoms with van der Waals surface area (Å²) in [6, 6.07) is 0. The summed E-state index contributed by atoms with van der Waals surface area (Å²) in [5, 5.41) is 5.83. The van der Waals surface area contributed by atoms with E-state index in [-0.39, 0.29) is 5.91 Å². The van der Waals surface area contributed by atoms with Gasteiger partial charge in [-0.1, -0.05) is 0 Å². The van der Waals surface area contributed by atoms with Gasteiger partial charge >= 0.3 is 0 Å². The number of hydrogen-bond acceptors (Lipinski definition) is 4. The van der Waals surface area contributed by atoms with Gasteiger partial charge in [-0.25, -0.2) is 4.98 Å². The Balaban J connectivity index is 1.69. The summed E-state index contributed by atoms with van der Waals surface area (Å²) < 4.78 is -0.921. The number of alkyl halides is 2. The van der Waals surface area contributed by atoms with E-state index in [0.29, 0.717) is 25.3 Å². The van der Waals surface area contributed by atoms with Crippen molar-refractivity contribution in [1.29, 1.82) is 0 Å². The molecule has 98 valence electrons. The molecule has 18 heavy (non-hydrogen) atoms. The van der Waals surface area contributed by atoms with Crippen LogP contribution in [0.2, 0.25) is 0 Å². The van der Waals surface area contributed by atoms with Crippen LogP contribution in [0.15, 0.2) is 18.6 Å². The fourth-order valence-corrected chi connectivity index (χ4v) is 2.30. The van der Waals surface area contributed by atoms with Crippen LogP contribution in [0, 0.1) is 5.41 Å². The van der Waals surface area contributed by atoms with Gasteiger partial charge in [-0.2, -0.15) is 0 Å². The van der Waals surface area contributed by atoms with Crippen molar-refractivity contribution in [2.45, 2.75) is 17.7 Å². The molecule has 1 aromatic rings. The summed E-state index contributed by atoms with van der Waals surface area (Å²) in [5.74, 6) is 0.557. The molecule has 1 aliphatic rings. The second-order valence-electron chi connectivity index (χ2n) is 4.49. The Hall–Kier alpha value is -1.07. The van der Waals surface area contributed by atoms with Gasteiger partial charge in [-0.15, -0.1) is 23.2 Å². The third-order valence-electron chi connectivity index (χ3n) is 3.04. The number of amides is 1. The van der Waals surface area contributed by atoms with E-state index in [2.05, 4.69) is 20.6 Å². The van der Waals surface area contributed by atoms with Crippen LogP contribution < -0.4 is 10.6 Å². The highest BCUT2D eigenvalue weighted by Gasteiger charge is 2.67. The maximum atomic E-state index is 11.8. The van der Waals surface area contributed by atoms with E-state index < -0.39 is 9.75 Å². The lowest BCUT2D eigenvalue weighted by molar-refractivity contribution is -0.125. The molecule has 1 fully saturated rings. The zero-order valence-electron chi connectivity index (χ0n) is 9.91. The Kier molecular flexibility index (Phi) is 3.64. The first kappa shape index (κ1) is 13.4. The van der Waals surface area contributed by atoms with E-state index in [9.17, 15) is 4.79 Å². The first-order valence-corrected chi connectivity index (χ1v) is 6.37. The largest absolute Gasteiger partial charge is 0.367 e. The molecule has 0 aliphatic heterocycles. The monoisotopic (exact) mass is 288 g/mol. The second kappa shape index (κ2) is 4.90. The number of carbonyl (C=O) groups is 1. The Morgan fingerprint density at radius 2 is 2.17 bits per heavy atom. The number of carbonyl (C=O) groups excluding carboxylic acids is 1. The van der Waals surface area contributed by atoms with Crippen molar-refractivity contribution in [1.82, 2.24) is 15.3 Å². The molecule has 1 heterocycles. The molecule has 1 unspecified atom stereocenters. The molecule has 5 nitrogen and oxygen atoms in total. The maximum Gasteiger partial charge on any atom is 0.229 e. The van der Waals surface area contributed by atoms with Gasteiger partial charge in [-0.3, -0.25) is 9.78 Å². The number of anilines is 1. The topological polar surface area (TPSA) is 66.9 Å². The van der Waals surface area contributed by atoms with E-state index in [1.807, 2.05) is 0 Å². The molecule has 0 aromatic carbocycles. The normalized spacial score (nSPS) is 24.4. The Bertz CT molecular complexity index is 440. The van der Waals surface area contributed by atoms with E-state index in [1.54, 1.807) is 25.5 Å². The molecule has 0 radical (unpaired) electrons. The van der Waals surface area contributed by atoms with Gasteiger partial charge in [0.2, 0.25) is 5.91 Å². The van der Waals surface area contributed by atoms with Crippen LogP contribution in [0.5, 0.6) is 0 Å². The van der Waals surface area contributed by atoms with Gasteiger partial charge in [-0.05, 0) is 13.3 Å². The lowest BCUT2D eigenvalue weighted by atomic mass is 10.1. The van der Waals surface area contributed by atoms with Crippen molar-refractivity contribution >= 4 is 34.9 Å². The minimum absolute atomic E-state index is 0.117. The van der Waals surface area contributed by atoms with Crippen molar-refractivity contribution in [2.75, 3.05) is 18.4 Å². The van der Waals surface area contributed by atoms with E-state index in [0.717, 1.165) is 0 Å². The summed E-state index contributed by atoms with van der Waals surface area (Å²) in [7, 11) is 0. The summed E-state index contributed by atoms with van der Waals surface area (Å²) in [6.45, 7) is 2.81. The molecule has 0 spiro atoms. The summed E-state index contributed by atoms with van der Waals surface area (Å²) in [4.78, 5) is 19.8. The molecule has 1 aromatic heterocycles. The van der Waals surface area contributed by atoms with Crippen molar-refractivity contribution in [3.05, 3.63) is 18.6 Å². The maximum absolute atomic E-state index is 11.8. The number of halogens is 2. The van der Waals surface area contributed by atoms with Gasteiger partial charge < -0.3 is 10.6 Å². The number of nitrogens with zero attached hydrogens (tertiary/aromatic N) is 2. The predicted molar refractivity (Wildman–Crippen MR) is 70.7 cm³/mol. The minimum Gasteiger partial charge on any atom is -0.367 e. The highest BCUT2D eigenvalue weighted by atomic mass is 35.5. The SMILES string of the molecule is CC1(C(=O)NCCNc2cnccn2)CC1(Cl)Cl. The van der Waals surface area contributed by atoms with Crippen LogP contribution in [-0.2, 0) is 4.79 Å². The molecule has 2 N–H and O–H groups in total. The summed E-state index contributed by atoms with van der Waals surface area (Å²) in [5.41, 5.74) is -0.664. The third kappa shape index (κ3) is 2.67. The van der Waals surface area contributed by atoms with Crippen molar-refractivity contribution in [3.8, 4) is 0 Å².